The lowest BCUT2D eigenvalue weighted by atomic mass is 10.2. The molecular formula is C12H14N4O4S. The van der Waals surface area contributed by atoms with E-state index in [9.17, 15) is 13.2 Å². The Bertz CT molecular complexity index is 782. The molecule has 0 aliphatic heterocycles. The van der Waals surface area contributed by atoms with Crippen molar-refractivity contribution in [1.29, 1.82) is 0 Å². The lowest BCUT2D eigenvalue weighted by Gasteiger charge is -2.10. The highest BCUT2D eigenvalue weighted by molar-refractivity contribution is 7.92. The van der Waals surface area contributed by atoms with E-state index in [0.29, 0.717) is 0 Å². The summed E-state index contributed by atoms with van der Waals surface area (Å²) in [4.78, 5) is 11.4. The van der Waals surface area contributed by atoms with Gasteiger partial charge in [0.2, 0.25) is 0 Å². The van der Waals surface area contributed by atoms with E-state index in [2.05, 4.69) is 14.6 Å². The summed E-state index contributed by atoms with van der Waals surface area (Å²) < 4.78 is 33.1. The Morgan fingerprint density at radius 2 is 2.14 bits per heavy atom. The first-order valence-electron chi connectivity index (χ1n) is 5.83. The molecule has 112 valence electrons. The van der Waals surface area contributed by atoms with Gasteiger partial charge in [-0.1, -0.05) is 0 Å². The average Bonchev–Trinajstić information content (AvgIpc) is 2.82. The van der Waals surface area contributed by atoms with Gasteiger partial charge in [-0.05, 0) is 18.2 Å². The van der Waals surface area contributed by atoms with Crippen molar-refractivity contribution in [3.05, 3.63) is 36.2 Å². The maximum Gasteiger partial charge on any atom is 0.339 e. The number of aromatic nitrogens is 2. The van der Waals surface area contributed by atoms with Crippen molar-refractivity contribution in [1.82, 2.24) is 9.78 Å². The highest BCUT2D eigenvalue weighted by atomic mass is 32.2. The lowest BCUT2D eigenvalue weighted by molar-refractivity contribution is 0.0596. The summed E-state index contributed by atoms with van der Waals surface area (Å²) in [5, 5.41) is 3.86. The van der Waals surface area contributed by atoms with Gasteiger partial charge in [0.1, 0.15) is 4.90 Å². The van der Waals surface area contributed by atoms with Crippen LogP contribution in [0.1, 0.15) is 10.4 Å². The fraction of sp³-hybridized carbons (Fsp3) is 0.167. The molecule has 1 heterocycles. The molecule has 0 radical (unpaired) electrons. The first kappa shape index (κ1) is 14.9. The quantitative estimate of drug-likeness (QED) is 0.630. The topological polar surface area (TPSA) is 116 Å². The molecule has 21 heavy (non-hydrogen) atoms. The van der Waals surface area contributed by atoms with Gasteiger partial charge in [0.05, 0.1) is 24.6 Å². The van der Waals surface area contributed by atoms with E-state index in [1.165, 1.54) is 42.4 Å². The second-order valence-electron chi connectivity index (χ2n) is 4.26. The zero-order valence-corrected chi connectivity index (χ0v) is 12.2. The number of anilines is 2. The Balaban J connectivity index is 2.48. The molecule has 2 rings (SSSR count). The third-order valence-corrected chi connectivity index (χ3v) is 4.08. The number of methoxy groups -OCH3 is 1. The predicted molar refractivity (Wildman–Crippen MR) is 76.2 cm³/mol. The molecule has 0 aliphatic rings. The lowest BCUT2D eigenvalue weighted by Crippen LogP contribution is -2.17. The Morgan fingerprint density at radius 1 is 1.43 bits per heavy atom. The third-order valence-electron chi connectivity index (χ3n) is 2.66. The summed E-state index contributed by atoms with van der Waals surface area (Å²) >= 11 is 0. The monoisotopic (exact) mass is 310 g/mol. The number of hydrogen-bond acceptors (Lipinski definition) is 6. The maximum atomic E-state index is 12.4. The smallest absolute Gasteiger partial charge is 0.339 e. The SMILES string of the molecule is COC(=O)c1ccc(N)cc1S(=O)(=O)Nc1cnn(C)c1. The molecule has 0 saturated heterocycles. The van der Waals surface area contributed by atoms with Gasteiger partial charge < -0.3 is 10.5 Å². The van der Waals surface area contributed by atoms with Gasteiger partial charge in [0.25, 0.3) is 10.0 Å². The number of sulfonamides is 1. The zero-order chi connectivity index (χ0) is 15.6. The van der Waals surface area contributed by atoms with Gasteiger partial charge in [0.15, 0.2) is 0 Å². The van der Waals surface area contributed by atoms with E-state index in [0.717, 1.165) is 0 Å². The van der Waals surface area contributed by atoms with Crippen LogP contribution in [0.2, 0.25) is 0 Å². The molecule has 0 aliphatic carbocycles. The standard InChI is InChI=1S/C12H14N4O4S/c1-16-7-9(6-14-16)15-21(18,19)11-5-8(13)3-4-10(11)12(17)20-2/h3-7,15H,13H2,1-2H3. The van der Waals surface area contributed by atoms with Gasteiger partial charge in [-0.25, -0.2) is 13.2 Å². The number of hydrogen-bond donors (Lipinski definition) is 2. The van der Waals surface area contributed by atoms with Crippen molar-refractivity contribution in [3.8, 4) is 0 Å². The number of carbonyl (C=O) groups excluding carboxylic acids is 1. The number of nitrogens with two attached hydrogens (primary N) is 1. The highest BCUT2D eigenvalue weighted by Gasteiger charge is 2.24. The van der Waals surface area contributed by atoms with Crippen molar-refractivity contribution in [2.24, 2.45) is 7.05 Å². The van der Waals surface area contributed by atoms with Gasteiger partial charge in [0, 0.05) is 18.9 Å². The Hall–Kier alpha value is -2.55. The van der Waals surface area contributed by atoms with Crippen LogP contribution in [0.3, 0.4) is 0 Å². The molecule has 1 aromatic heterocycles. The number of aryl methyl sites for hydroxylation is 1. The number of nitrogen functional groups attached to an aromatic ring is 1. The number of nitrogens with one attached hydrogen (secondary N) is 1. The van der Waals surface area contributed by atoms with Crippen LogP contribution < -0.4 is 10.5 Å². The summed E-state index contributed by atoms with van der Waals surface area (Å²) in [5.41, 5.74) is 6.00. The van der Waals surface area contributed by atoms with Gasteiger partial charge >= 0.3 is 5.97 Å². The summed E-state index contributed by atoms with van der Waals surface area (Å²) in [7, 11) is -1.17. The summed E-state index contributed by atoms with van der Waals surface area (Å²) in [6, 6.07) is 3.93. The molecule has 0 spiro atoms. The van der Waals surface area contributed by atoms with Crippen molar-refractivity contribution < 1.29 is 17.9 Å². The number of benzene rings is 1. The van der Waals surface area contributed by atoms with Crippen LogP contribution in [-0.4, -0.2) is 31.3 Å². The molecule has 8 nitrogen and oxygen atoms in total. The normalized spacial score (nSPS) is 11.1. The summed E-state index contributed by atoms with van der Waals surface area (Å²) in [5.74, 6) is -0.762. The van der Waals surface area contributed by atoms with E-state index < -0.39 is 16.0 Å². The fourth-order valence-corrected chi connectivity index (χ4v) is 2.98. The maximum absolute atomic E-state index is 12.4. The number of rotatable bonds is 4. The largest absolute Gasteiger partial charge is 0.465 e. The highest BCUT2D eigenvalue weighted by Crippen LogP contribution is 2.22. The van der Waals surface area contributed by atoms with Crippen molar-refractivity contribution in [3.63, 3.8) is 0 Å². The number of nitrogens with zero attached hydrogens (tertiary/aromatic N) is 2. The molecule has 0 atom stereocenters. The van der Waals surface area contributed by atoms with Crippen molar-refractivity contribution in [2.45, 2.75) is 4.90 Å². The molecule has 3 N–H and O–H groups in total. The summed E-state index contributed by atoms with van der Waals surface area (Å²) in [6.45, 7) is 0. The minimum Gasteiger partial charge on any atom is -0.465 e. The Morgan fingerprint density at radius 3 is 2.71 bits per heavy atom. The number of ether oxygens (including phenoxy) is 1. The minimum atomic E-state index is -3.99. The van der Waals surface area contributed by atoms with E-state index in [1.54, 1.807) is 7.05 Å². The first-order chi connectivity index (χ1) is 9.83. The zero-order valence-electron chi connectivity index (χ0n) is 11.4. The second kappa shape index (κ2) is 5.44. The molecule has 0 fully saturated rings. The molecule has 0 amide bonds. The molecule has 0 saturated carbocycles. The molecule has 1 aromatic carbocycles. The summed E-state index contributed by atoms with van der Waals surface area (Å²) in [6.07, 6.45) is 2.84. The van der Waals surface area contributed by atoms with E-state index in [-0.39, 0.29) is 21.8 Å². The Kier molecular flexibility index (Phi) is 3.85. The van der Waals surface area contributed by atoms with E-state index in [4.69, 9.17) is 5.73 Å². The van der Waals surface area contributed by atoms with Crippen LogP contribution >= 0.6 is 0 Å². The van der Waals surface area contributed by atoms with Crippen LogP contribution in [0.25, 0.3) is 0 Å². The molecule has 0 unspecified atom stereocenters. The van der Waals surface area contributed by atoms with E-state index >= 15 is 0 Å². The Labute approximate surface area is 121 Å². The van der Waals surface area contributed by atoms with Crippen molar-refractivity contribution >= 4 is 27.4 Å². The van der Waals surface area contributed by atoms with Crippen LogP contribution in [0.4, 0.5) is 11.4 Å². The average molecular weight is 310 g/mol. The molecule has 2 aromatic rings. The number of esters is 1. The van der Waals surface area contributed by atoms with Gasteiger partial charge in [-0.2, -0.15) is 5.10 Å². The molecule has 9 heteroatoms. The van der Waals surface area contributed by atoms with Gasteiger partial charge in [-0.3, -0.25) is 9.40 Å². The first-order valence-corrected chi connectivity index (χ1v) is 7.31. The van der Waals surface area contributed by atoms with Crippen LogP contribution in [0.15, 0.2) is 35.5 Å². The van der Waals surface area contributed by atoms with Gasteiger partial charge in [-0.15, -0.1) is 0 Å². The minimum absolute atomic E-state index is 0.0944. The third kappa shape index (κ3) is 3.14. The van der Waals surface area contributed by atoms with E-state index in [1.807, 2.05) is 0 Å². The predicted octanol–water partition coefficient (Wildman–Crippen LogP) is 0.590. The fourth-order valence-electron chi connectivity index (χ4n) is 1.72. The van der Waals surface area contributed by atoms with Crippen LogP contribution in [0.5, 0.6) is 0 Å². The van der Waals surface area contributed by atoms with Crippen molar-refractivity contribution in [2.75, 3.05) is 17.6 Å². The van der Waals surface area contributed by atoms with Crippen LogP contribution in [0, 0.1) is 0 Å². The van der Waals surface area contributed by atoms with Crippen LogP contribution in [-0.2, 0) is 21.8 Å². The molecular weight excluding hydrogens is 296 g/mol. The second-order valence-corrected chi connectivity index (χ2v) is 5.91. The molecule has 0 bridgehead atoms. The number of carbonyl (C=O) groups is 1.